The van der Waals surface area contributed by atoms with Gasteiger partial charge in [0, 0.05) is 31.3 Å². The third-order valence-electron chi connectivity index (χ3n) is 8.34. The summed E-state index contributed by atoms with van der Waals surface area (Å²) in [6, 6.07) is 11.0. The van der Waals surface area contributed by atoms with Gasteiger partial charge in [-0.25, -0.2) is 17.8 Å². The number of fused-ring (bicyclic) bond motifs is 1. The van der Waals surface area contributed by atoms with Gasteiger partial charge < -0.3 is 19.5 Å². The van der Waals surface area contributed by atoms with Crippen LogP contribution in [0.5, 0.6) is 11.6 Å². The number of sulfonamides is 1. The Labute approximate surface area is 278 Å². The summed E-state index contributed by atoms with van der Waals surface area (Å²) in [7, 11) is -4.25. The summed E-state index contributed by atoms with van der Waals surface area (Å²) in [6.07, 6.45) is 3.72. The van der Waals surface area contributed by atoms with Gasteiger partial charge in [0.25, 0.3) is 10.0 Å². The number of hydrogen-bond acceptors (Lipinski definition) is 7. The number of carboxylic acid groups (broad SMARTS) is 1. The van der Waals surface area contributed by atoms with E-state index in [1.165, 1.54) is 28.7 Å². The number of benzene rings is 2. The van der Waals surface area contributed by atoms with Gasteiger partial charge in [0.05, 0.1) is 29.8 Å². The molecule has 47 heavy (non-hydrogen) atoms. The molecule has 2 aromatic carbocycles. The number of rotatable bonds is 10. The van der Waals surface area contributed by atoms with E-state index in [1.807, 2.05) is 0 Å². The first-order valence-electron chi connectivity index (χ1n) is 15.4. The highest BCUT2D eigenvalue weighted by Gasteiger charge is 2.37. The monoisotopic (exact) mass is 685 g/mol. The fraction of sp³-hybridized carbons (Fsp3) is 0.382. The van der Waals surface area contributed by atoms with Crippen molar-refractivity contribution in [2.45, 2.75) is 57.5 Å². The SMILES string of the molecule is CCOc1ncc(C)cc1S(=O)(=O)N1C[C@H](CCC(=O)N2CCC(C(=O)O)CC2)Oc2ccc(/C=C(\C)c3c(F)cccc3Cl)cc21. The predicted molar refractivity (Wildman–Crippen MR) is 177 cm³/mol. The summed E-state index contributed by atoms with van der Waals surface area (Å²) < 4.78 is 56.6. The van der Waals surface area contributed by atoms with E-state index in [2.05, 4.69) is 4.98 Å². The number of ether oxygens (including phenoxy) is 2. The van der Waals surface area contributed by atoms with Crippen LogP contribution in [0.2, 0.25) is 5.02 Å². The number of allylic oxidation sites excluding steroid dienone is 1. The maximum absolute atomic E-state index is 14.7. The lowest BCUT2D eigenvalue weighted by Gasteiger charge is -2.36. The van der Waals surface area contributed by atoms with Gasteiger partial charge in [-0.2, -0.15) is 0 Å². The van der Waals surface area contributed by atoms with Crippen LogP contribution in [0.3, 0.4) is 0 Å². The number of aryl methyl sites for hydroxylation is 1. The number of anilines is 1. The van der Waals surface area contributed by atoms with E-state index in [0.717, 1.165) is 0 Å². The Kier molecular flexibility index (Phi) is 10.4. The zero-order valence-corrected chi connectivity index (χ0v) is 28.0. The number of nitrogens with zero attached hydrogens (tertiary/aromatic N) is 3. The highest BCUT2D eigenvalue weighted by Crippen LogP contribution is 2.41. The molecule has 1 N–H and O–H groups in total. The number of hydrogen-bond donors (Lipinski definition) is 1. The number of piperidine rings is 1. The number of carbonyl (C=O) groups excluding carboxylic acids is 1. The molecule has 0 aliphatic carbocycles. The highest BCUT2D eigenvalue weighted by atomic mass is 35.5. The first-order valence-corrected chi connectivity index (χ1v) is 17.3. The van der Waals surface area contributed by atoms with Crippen LogP contribution in [-0.2, 0) is 19.6 Å². The van der Waals surface area contributed by atoms with E-state index in [-0.39, 0.29) is 58.9 Å². The Morgan fingerprint density at radius 2 is 1.94 bits per heavy atom. The van der Waals surface area contributed by atoms with Crippen molar-refractivity contribution in [1.29, 1.82) is 0 Å². The molecule has 3 aromatic rings. The van der Waals surface area contributed by atoms with E-state index in [1.54, 1.807) is 56.0 Å². The van der Waals surface area contributed by atoms with Gasteiger partial charge in [0.1, 0.15) is 22.6 Å². The normalized spacial score (nSPS) is 17.2. The van der Waals surface area contributed by atoms with E-state index in [4.69, 9.17) is 21.1 Å². The lowest BCUT2D eigenvalue weighted by Crippen LogP contribution is -2.45. The van der Waals surface area contributed by atoms with Crippen molar-refractivity contribution < 1.29 is 37.0 Å². The minimum absolute atomic E-state index is 0.0243. The van der Waals surface area contributed by atoms with Crippen LogP contribution in [-0.4, -0.2) is 67.6 Å². The van der Waals surface area contributed by atoms with Crippen LogP contribution >= 0.6 is 11.6 Å². The number of amides is 1. The lowest BCUT2D eigenvalue weighted by molar-refractivity contribution is -0.145. The second kappa shape index (κ2) is 14.3. The first-order chi connectivity index (χ1) is 22.4. The molecule has 2 aliphatic heterocycles. The molecule has 1 aromatic heterocycles. The molecule has 2 aliphatic rings. The highest BCUT2D eigenvalue weighted by molar-refractivity contribution is 7.93. The molecule has 0 unspecified atom stereocenters. The molecule has 3 heterocycles. The van der Waals surface area contributed by atoms with Gasteiger partial charge in [-0.1, -0.05) is 29.8 Å². The molecule has 0 radical (unpaired) electrons. The van der Waals surface area contributed by atoms with E-state index in [0.29, 0.717) is 48.4 Å². The molecule has 250 valence electrons. The Morgan fingerprint density at radius 1 is 1.19 bits per heavy atom. The van der Waals surface area contributed by atoms with E-state index >= 15 is 0 Å². The molecule has 1 atom stereocenters. The molecule has 0 saturated carbocycles. The summed E-state index contributed by atoms with van der Waals surface area (Å²) in [5.41, 5.74) is 2.29. The van der Waals surface area contributed by atoms with Crippen molar-refractivity contribution in [3.05, 3.63) is 76.2 Å². The molecular weight excluding hydrogens is 649 g/mol. The first kappa shape index (κ1) is 34.2. The molecule has 10 nitrogen and oxygen atoms in total. The zero-order valence-electron chi connectivity index (χ0n) is 26.4. The quantitative estimate of drug-likeness (QED) is 0.250. The van der Waals surface area contributed by atoms with Gasteiger partial charge >= 0.3 is 5.97 Å². The molecule has 1 amide bonds. The number of likely N-dealkylation sites (tertiary alicyclic amines) is 1. The van der Waals surface area contributed by atoms with Crippen LogP contribution in [0.25, 0.3) is 11.6 Å². The Balaban J connectivity index is 1.47. The number of carbonyl (C=O) groups is 2. The Hall–Kier alpha value is -4.16. The van der Waals surface area contributed by atoms with Crippen molar-refractivity contribution in [3.63, 3.8) is 0 Å². The van der Waals surface area contributed by atoms with Crippen molar-refractivity contribution in [2.75, 3.05) is 30.5 Å². The van der Waals surface area contributed by atoms with Crippen LogP contribution in [0.15, 0.2) is 53.6 Å². The molecule has 13 heteroatoms. The maximum atomic E-state index is 14.7. The second-order valence-electron chi connectivity index (χ2n) is 11.7. The summed E-state index contributed by atoms with van der Waals surface area (Å²) >= 11 is 6.29. The number of aliphatic carboxylic acids is 1. The molecule has 0 spiro atoms. The van der Waals surface area contributed by atoms with E-state index < -0.39 is 33.8 Å². The predicted octanol–water partition coefficient (Wildman–Crippen LogP) is 6.20. The topological polar surface area (TPSA) is 126 Å². The van der Waals surface area contributed by atoms with Gasteiger partial charge in [-0.05, 0) is 87.1 Å². The molecule has 5 rings (SSSR count). The van der Waals surface area contributed by atoms with Crippen molar-refractivity contribution in [1.82, 2.24) is 9.88 Å². The van der Waals surface area contributed by atoms with Crippen molar-refractivity contribution >= 4 is 50.8 Å². The smallest absolute Gasteiger partial charge is 0.306 e. The number of aromatic nitrogens is 1. The minimum atomic E-state index is -4.25. The molecule has 1 saturated heterocycles. The number of halogens is 2. The van der Waals surface area contributed by atoms with Crippen LogP contribution in [0.4, 0.5) is 10.1 Å². The van der Waals surface area contributed by atoms with Crippen molar-refractivity contribution in [2.24, 2.45) is 5.92 Å². The average molecular weight is 686 g/mol. The van der Waals surface area contributed by atoms with Gasteiger partial charge in [-0.3, -0.25) is 13.9 Å². The van der Waals surface area contributed by atoms with Gasteiger partial charge in [0.15, 0.2) is 0 Å². The number of carboxylic acids is 1. The fourth-order valence-corrected chi connectivity index (χ4v) is 7.87. The van der Waals surface area contributed by atoms with Gasteiger partial charge in [-0.15, -0.1) is 0 Å². The Morgan fingerprint density at radius 3 is 2.62 bits per heavy atom. The molecular formula is C34H37ClFN3O7S. The maximum Gasteiger partial charge on any atom is 0.306 e. The van der Waals surface area contributed by atoms with Crippen LogP contribution < -0.4 is 13.8 Å². The third kappa shape index (κ3) is 7.54. The van der Waals surface area contributed by atoms with E-state index in [9.17, 15) is 27.5 Å². The standard InChI is InChI=1S/C34H37ClFN3O7S/c1-4-45-33-30(16-21(2)19-37-33)47(43,44)39-20-25(9-11-31(40)38-14-12-24(13-15-38)34(41)42)46-29-10-8-23(18-28(29)39)17-22(3)32-26(35)6-5-7-27(32)36/h5-8,10,16-19,24-25H,4,9,11-15,20H2,1-3H3,(H,41,42)/b22-17+/t25-/m0/s1. The largest absolute Gasteiger partial charge is 0.486 e. The Bertz CT molecular complexity index is 1790. The molecule has 1 fully saturated rings. The summed E-state index contributed by atoms with van der Waals surface area (Å²) in [5.74, 6) is -1.65. The minimum Gasteiger partial charge on any atom is -0.486 e. The fourth-order valence-electron chi connectivity index (χ4n) is 5.89. The average Bonchev–Trinajstić information content (AvgIpc) is 3.04. The van der Waals surface area contributed by atoms with Gasteiger partial charge in [0.2, 0.25) is 11.8 Å². The summed E-state index contributed by atoms with van der Waals surface area (Å²) in [5, 5.41) is 9.53. The zero-order chi connectivity index (χ0) is 33.9. The second-order valence-corrected chi connectivity index (χ2v) is 13.9. The summed E-state index contributed by atoms with van der Waals surface area (Å²) in [6.45, 7) is 6.04. The number of pyridine rings is 1. The lowest BCUT2D eigenvalue weighted by atomic mass is 9.97. The van der Waals surface area contributed by atoms with Crippen LogP contribution in [0, 0.1) is 18.7 Å². The van der Waals surface area contributed by atoms with Crippen molar-refractivity contribution in [3.8, 4) is 11.6 Å². The summed E-state index contributed by atoms with van der Waals surface area (Å²) in [4.78, 5) is 30.2. The molecule has 0 bridgehead atoms. The third-order valence-corrected chi connectivity index (χ3v) is 10.4. The van der Waals surface area contributed by atoms with Crippen LogP contribution in [0.1, 0.15) is 56.2 Å².